The van der Waals surface area contributed by atoms with Gasteiger partial charge in [0.1, 0.15) is 0 Å². The topological polar surface area (TPSA) is 53.8 Å². The molecule has 0 aromatic heterocycles. The summed E-state index contributed by atoms with van der Waals surface area (Å²) in [6.45, 7) is 0.452. The zero-order valence-electron chi connectivity index (χ0n) is 17.1. The molecule has 0 saturated heterocycles. The first-order chi connectivity index (χ1) is 13.8. The smallest absolute Gasteiger partial charge is 0.496 e. The molecule has 1 N–H and O–H groups in total. The van der Waals surface area contributed by atoms with Crippen molar-refractivity contribution in [3.8, 4) is 0 Å². The molecule has 3 saturated carbocycles. The molecule has 3 aliphatic rings. The summed E-state index contributed by atoms with van der Waals surface area (Å²) in [5, 5.41) is 11.1. The maximum atomic E-state index is 12.6. The molecule has 0 amide bonds. The average molecular weight is 438 g/mol. The van der Waals surface area contributed by atoms with Crippen LogP contribution in [0.4, 0.5) is 13.2 Å². The highest BCUT2D eigenvalue weighted by Crippen LogP contribution is 2.54. The molecule has 3 fully saturated rings. The van der Waals surface area contributed by atoms with Gasteiger partial charge in [0.2, 0.25) is 0 Å². The number of esters is 1. The van der Waals surface area contributed by atoms with Gasteiger partial charge in [0.15, 0.2) is 11.9 Å². The van der Waals surface area contributed by atoms with Gasteiger partial charge in [0, 0.05) is 0 Å². The number of hydrogen-bond donors (Lipinski definition) is 1. The number of hydrogen-bond acceptors (Lipinski definition) is 4. The molecule has 168 valence electrons. The van der Waals surface area contributed by atoms with Crippen LogP contribution in [0.25, 0.3) is 0 Å². The summed E-state index contributed by atoms with van der Waals surface area (Å²) in [6.07, 6.45) is 12.4. The molecule has 0 aliphatic heterocycles. The normalized spacial score (nSPS) is 32.2. The lowest BCUT2D eigenvalue weighted by Crippen LogP contribution is -3.01. The summed E-state index contributed by atoms with van der Waals surface area (Å²) >= 11 is -0.532. The van der Waals surface area contributed by atoms with Gasteiger partial charge in [0.25, 0.3) is 0 Å². The Bertz CT molecular complexity index is 528. The second-order valence-electron chi connectivity index (χ2n) is 9.24. The molecule has 4 nitrogen and oxygen atoms in total. The Balaban J connectivity index is 1.20. The SMILES string of the molecule is O=C(OCCCCCCCC[NH+]([O-])SC(F)(F)F)C1CC2CC3CCC1C(C3)C2. The van der Waals surface area contributed by atoms with E-state index >= 15 is 0 Å². The van der Waals surface area contributed by atoms with E-state index in [0.29, 0.717) is 18.9 Å². The third-order valence-electron chi connectivity index (χ3n) is 7.11. The molecule has 3 rings (SSSR count). The molecule has 0 aromatic rings. The highest BCUT2D eigenvalue weighted by atomic mass is 32.2. The van der Waals surface area contributed by atoms with Crippen LogP contribution in [-0.2, 0) is 9.53 Å². The molecule has 8 heteroatoms. The molecular weight excluding hydrogens is 403 g/mol. The van der Waals surface area contributed by atoms with Crippen molar-refractivity contribution in [3.63, 3.8) is 0 Å². The molecular formula is C21H34F3NO3S. The minimum atomic E-state index is -4.47. The molecule has 0 heterocycles. The number of unbranched alkanes of at least 4 members (excludes halogenated alkanes) is 5. The van der Waals surface area contributed by atoms with Crippen LogP contribution in [0.5, 0.6) is 0 Å². The minimum Gasteiger partial charge on any atom is -0.621 e. The van der Waals surface area contributed by atoms with Crippen molar-refractivity contribution >= 4 is 17.9 Å². The molecule has 0 spiro atoms. The maximum absolute atomic E-state index is 12.6. The fraction of sp³-hybridized carbons (Fsp3) is 0.952. The van der Waals surface area contributed by atoms with E-state index in [9.17, 15) is 23.2 Å². The zero-order valence-corrected chi connectivity index (χ0v) is 17.9. The summed E-state index contributed by atoms with van der Waals surface area (Å²) in [4.78, 5) is 12.6. The van der Waals surface area contributed by atoms with Gasteiger partial charge in [-0.25, -0.2) is 0 Å². The third kappa shape index (κ3) is 7.31. The number of carbonyl (C=O) groups excluding carboxylic acids is 1. The monoisotopic (exact) mass is 437 g/mol. The quantitative estimate of drug-likeness (QED) is 0.217. The number of halogens is 3. The number of fused-ring (bicyclic) bond motifs is 2. The molecule has 6 atom stereocenters. The highest BCUT2D eigenvalue weighted by Gasteiger charge is 2.48. The molecule has 3 bridgehead atoms. The van der Waals surface area contributed by atoms with E-state index in [0.717, 1.165) is 56.3 Å². The predicted molar refractivity (Wildman–Crippen MR) is 107 cm³/mol. The van der Waals surface area contributed by atoms with E-state index < -0.39 is 21.9 Å². The van der Waals surface area contributed by atoms with Crippen LogP contribution in [0.2, 0.25) is 0 Å². The number of quaternary nitrogens is 1. The zero-order chi connectivity index (χ0) is 20.9. The summed E-state index contributed by atoms with van der Waals surface area (Å²) in [6, 6.07) is 0. The summed E-state index contributed by atoms with van der Waals surface area (Å²) in [7, 11) is 0. The Kier molecular flexibility index (Phi) is 8.57. The van der Waals surface area contributed by atoms with Crippen LogP contribution in [-0.4, -0.2) is 24.6 Å². The molecule has 6 unspecified atom stereocenters. The van der Waals surface area contributed by atoms with Crippen LogP contribution in [0.3, 0.4) is 0 Å². The summed E-state index contributed by atoms with van der Waals surface area (Å²) in [5.74, 6) is 3.08. The standard InChI is InChI=1S/C21H34F3NO3S/c22-21(23,24)29-25(27)9-5-3-1-2-4-6-10-28-20(26)19-14-16-11-15-7-8-18(19)17(12-15)13-16/h15-19,25H,1-14H2. The van der Waals surface area contributed by atoms with E-state index in [1.54, 1.807) is 0 Å². The van der Waals surface area contributed by atoms with Gasteiger partial charge >= 0.3 is 11.5 Å². The number of carbonyl (C=O) groups is 1. The summed E-state index contributed by atoms with van der Waals surface area (Å²) in [5.41, 5.74) is -4.47. The number of nitrogens with one attached hydrogen (secondary N) is 1. The number of hydroxylamine groups is 1. The van der Waals surface area contributed by atoms with Crippen molar-refractivity contribution in [2.45, 2.75) is 82.6 Å². The summed E-state index contributed by atoms with van der Waals surface area (Å²) < 4.78 is 40.9. The fourth-order valence-electron chi connectivity index (χ4n) is 5.93. The molecule has 29 heavy (non-hydrogen) atoms. The Labute approximate surface area is 176 Å². The van der Waals surface area contributed by atoms with Crippen molar-refractivity contribution in [1.82, 2.24) is 0 Å². The van der Waals surface area contributed by atoms with Crippen molar-refractivity contribution in [1.29, 1.82) is 0 Å². The van der Waals surface area contributed by atoms with Crippen LogP contribution >= 0.6 is 11.9 Å². The van der Waals surface area contributed by atoms with Gasteiger partial charge in [-0.15, -0.1) is 0 Å². The predicted octanol–water partition coefficient (Wildman–Crippen LogP) is 4.88. The first-order valence-corrected chi connectivity index (χ1v) is 12.1. The maximum Gasteiger partial charge on any atom is 0.496 e. The largest absolute Gasteiger partial charge is 0.621 e. The number of alkyl halides is 3. The average Bonchev–Trinajstić information content (AvgIpc) is 2.63. The first-order valence-electron chi connectivity index (χ1n) is 11.3. The van der Waals surface area contributed by atoms with Crippen molar-refractivity contribution in [2.24, 2.45) is 29.6 Å². The van der Waals surface area contributed by atoms with E-state index in [1.165, 1.54) is 32.1 Å². The Hall–Kier alpha value is -0.470. The lowest BCUT2D eigenvalue weighted by Gasteiger charge is -2.51. The molecule has 0 radical (unpaired) electrons. The minimum absolute atomic E-state index is 0.0192. The number of ether oxygens (including phenoxy) is 1. The third-order valence-corrected chi connectivity index (χ3v) is 7.77. The van der Waals surface area contributed by atoms with E-state index in [2.05, 4.69) is 0 Å². The fourth-order valence-corrected chi connectivity index (χ4v) is 6.44. The molecule has 0 aromatic carbocycles. The second kappa shape index (κ2) is 10.7. The lowest BCUT2D eigenvalue weighted by molar-refractivity contribution is -0.698. The van der Waals surface area contributed by atoms with Crippen LogP contribution < -0.4 is 4.47 Å². The van der Waals surface area contributed by atoms with Gasteiger partial charge in [-0.2, -0.15) is 13.2 Å². The van der Waals surface area contributed by atoms with E-state index in [4.69, 9.17) is 4.74 Å². The van der Waals surface area contributed by atoms with E-state index in [-0.39, 0.29) is 18.4 Å². The van der Waals surface area contributed by atoms with Gasteiger partial charge in [-0.3, -0.25) is 4.79 Å². The van der Waals surface area contributed by atoms with Crippen molar-refractivity contribution < 1.29 is 27.2 Å². The van der Waals surface area contributed by atoms with Gasteiger partial charge in [0.05, 0.1) is 19.1 Å². The number of rotatable bonds is 11. The Morgan fingerprint density at radius 2 is 1.66 bits per heavy atom. The van der Waals surface area contributed by atoms with Gasteiger partial charge in [-0.1, -0.05) is 25.7 Å². The van der Waals surface area contributed by atoms with Crippen LogP contribution in [0, 0.1) is 34.8 Å². The van der Waals surface area contributed by atoms with Crippen molar-refractivity contribution in [2.75, 3.05) is 13.2 Å². The van der Waals surface area contributed by atoms with Crippen LogP contribution in [0.1, 0.15) is 77.0 Å². The van der Waals surface area contributed by atoms with Gasteiger partial charge in [-0.05, 0) is 75.0 Å². The molecule has 3 aliphatic carbocycles. The lowest BCUT2D eigenvalue weighted by atomic mass is 9.54. The Morgan fingerprint density at radius 1 is 0.966 bits per heavy atom. The van der Waals surface area contributed by atoms with Crippen LogP contribution in [0.15, 0.2) is 0 Å². The first kappa shape index (κ1) is 23.2. The van der Waals surface area contributed by atoms with Crippen molar-refractivity contribution in [3.05, 3.63) is 5.21 Å². The highest BCUT2D eigenvalue weighted by molar-refractivity contribution is 7.93. The Morgan fingerprint density at radius 3 is 2.41 bits per heavy atom. The van der Waals surface area contributed by atoms with E-state index in [1.807, 2.05) is 0 Å². The second-order valence-corrected chi connectivity index (χ2v) is 10.4. The van der Waals surface area contributed by atoms with Gasteiger partial charge < -0.3 is 14.4 Å².